The Hall–Kier alpha value is -5.60. The van der Waals surface area contributed by atoms with Gasteiger partial charge in [0.15, 0.2) is 0 Å². The molecule has 0 radical (unpaired) electrons. The van der Waals surface area contributed by atoms with Crippen molar-refractivity contribution in [2.24, 2.45) is 0 Å². The van der Waals surface area contributed by atoms with Gasteiger partial charge >= 0.3 is 0 Å². The number of para-hydroxylation sites is 4. The maximum Gasteiger partial charge on any atom is 0.0468 e. The highest BCUT2D eigenvalue weighted by Crippen LogP contribution is 2.40. The van der Waals surface area contributed by atoms with Gasteiger partial charge in [-0.3, -0.25) is 0 Å². The number of benzene rings is 7. The molecule has 0 unspecified atom stereocenters. The van der Waals surface area contributed by atoms with Crippen molar-refractivity contribution >= 4 is 44.9 Å². The Morgan fingerprint density at radius 1 is 0.286 bits per heavy atom. The molecule has 0 atom stereocenters. The molecule has 0 amide bonds. The minimum Gasteiger partial charge on any atom is -0.310 e. The molecule has 0 N–H and O–H groups in total. The third kappa shape index (κ3) is 5.02. The van der Waals surface area contributed by atoms with Crippen LogP contribution in [0, 0.1) is 0 Å². The second-order valence-electron chi connectivity index (χ2n) is 10.3. The van der Waals surface area contributed by atoms with E-state index in [9.17, 15) is 0 Å². The first-order chi connectivity index (χ1) is 20.8. The van der Waals surface area contributed by atoms with Crippen LogP contribution in [0.4, 0.5) is 34.1 Å². The Balaban J connectivity index is 1.32. The number of hydrogen-bond acceptors (Lipinski definition) is 2. The van der Waals surface area contributed by atoms with Crippen LogP contribution in [0.25, 0.3) is 21.9 Å². The van der Waals surface area contributed by atoms with Crippen molar-refractivity contribution in [3.8, 4) is 11.1 Å². The van der Waals surface area contributed by atoms with E-state index in [2.05, 4.69) is 192 Å². The predicted octanol–water partition coefficient (Wildman–Crippen LogP) is 11.4. The lowest BCUT2D eigenvalue weighted by atomic mass is 9.97. The first kappa shape index (κ1) is 25.4. The Kier molecular flexibility index (Phi) is 6.94. The lowest BCUT2D eigenvalue weighted by Crippen LogP contribution is -2.09. The van der Waals surface area contributed by atoms with Gasteiger partial charge in [0.05, 0.1) is 0 Å². The molecule has 7 aromatic rings. The zero-order valence-electron chi connectivity index (χ0n) is 23.2. The maximum absolute atomic E-state index is 2.31. The number of anilines is 6. The Labute approximate surface area is 247 Å². The highest BCUT2D eigenvalue weighted by molar-refractivity contribution is 6.00. The smallest absolute Gasteiger partial charge is 0.0468 e. The van der Waals surface area contributed by atoms with Crippen LogP contribution in [0.15, 0.2) is 182 Å². The summed E-state index contributed by atoms with van der Waals surface area (Å²) in [5.41, 5.74) is 9.18. The van der Waals surface area contributed by atoms with E-state index in [0.29, 0.717) is 0 Å². The highest BCUT2D eigenvalue weighted by Gasteiger charge is 2.15. The van der Waals surface area contributed by atoms with Crippen LogP contribution >= 0.6 is 0 Å². The summed E-state index contributed by atoms with van der Waals surface area (Å²) >= 11 is 0. The van der Waals surface area contributed by atoms with Crippen LogP contribution < -0.4 is 9.80 Å². The van der Waals surface area contributed by atoms with E-state index >= 15 is 0 Å². The van der Waals surface area contributed by atoms with Crippen molar-refractivity contribution in [3.05, 3.63) is 182 Å². The monoisotopic (exact) mass is 538 g/mol. The fourth-order valence-electron chi connectivity index (χ4n) is 5.68. The van der Waals surface area contributed by atoms with Gasteiger partial charge in [0.25, 0.3) is 0 Å². The summed E-state index contributed by atoms with van der Waals surface area (Å²) in [6, 6.07) is 64.4. The molecule has 7 rings (SSSR count). The second kappa shape index (κ2) is 11.5. The molecule has 42 heavy (non-hydrogen) atoms. The summed E-state index contributed by atoms with van der Waals surface area (Å²) in [5, 5.41) is 2.43. The van der Waals surface area contributed by atoms with Crippen LogP contribution in [-0.2, 0) is 0 Å². The molecule has 200 valence electrons. The first-order valence-electron chi connectivity index (χ1n) is 14.3. The summed E-state index contributed by atoms with van der Waals surface area (Å²) in [6.07, 6.45) is 0. The summed E-state index contributed by atoms with van der Waals surface area (Å²) in [5.74, 6) is 0. The molecular weight excluding hydrogens is 508 g/mol. The van der Waals surface area contributed by atoms with E-state index in [-0.39, 0.29) is 0 Å². The fourth-order valence-corrected chi connectivity index (χ4v) is 5.68. The number of hydrogen-bond donors (Lipinski definition) is 0. The van der Waals surface area contributed by atoms with E-state index in [4.69, 9.17) is 0 Å². The third-order valence-electron chi connectivity index (χ3n) is 7.60. The van der Waals surface area contributed by atoms with Crippen LogP contribution in [0.5, 0.6) is 0 Å². The van der Waals surface area contributed by atoms with E-state index in [1.54, 1.807) is 0 Å². The Morgan fingerprint density at radius 2 is 0.714 bits per heavy atom. The third-order valence-corrected chi connectivity index (χ3v) is 7.60. The second-order valence-corrected chi connectivity index (χ2v) is 10.3. The molecule has 0 saturated heterocycles. The van der Waals surface area contributed by atoms with Gasteiger partial charge in [-0.1, -0.05) is 109 Å². The van der Waals surface area contributed by atoms with Gasteiger partial charge in [-0.15, -0.1) is 0 Å². The Bertz CT molecular complexity index is 1840. The standard InChI is InChI=1S/C40H30N2/c1-5-17-33(18-6-1)41(34-19-7-2-8-20-34)37-25-13-15-31(29-37)39-26-14-16-32-30-38(27-28-40(32)39)42(35-21-9-3-10-22-35)36-23-11-4-12-24-36/h1-30H. The average Bonchev–Trinajstić information content (AvgIpc) is 3.07. The summed E-state index contributed by atoms with van der Waals surface area (Å²) in [7, 11) is 0. The minimum absolute atomic E-state index is 1.12. The molecule has 0 spiro atoms. The van der Waals surface area contributed by atoms with E-state index in [1.165, 1.54) is 21.9 Å². The number of rotatable bonds is 7. The molecule has 0 aliphatic heterocycles. The first-order valence-corrected chi connectivity index (χ1v) is 14.3. The molecule has 0 aromatic heterocycles. The maximum atomic E-state index is 2.31. The van der Waals surface area contributed by atoms with Gasteiger partial charge in [-0.25, -0.2) is 0 Å². The lowest BCUT2D eigenvalue weighted by Gasteiger charge is -2.26. The number of fused-ring (bicyclic) bond motifs is 1. The van der Waals surface area contributed by atoms with Crippen LogP contribution in [-0.4, -0.2) is 0 Å². The van der Waals surface area contributed by atoms with E-state index in [1.807, 2.05) is 0 Å². The van der Waals surface area contributed by atoms with Crippen molar-refractivity contribution in [3.63, 3.8) is 0 Å². The predicted molar refractivity (Wildman–Crippen MR) is 179 cm³/mol. The minimum atomic E-state index is 1.12. The quantitative estimate of drug-likeness (QED) is 0.199. The zero-order valence-corrected chi connectivity index (χ0v) is 23.2. The van der Waals surface area contributed by atoms with Crippen molar-refractivity contribution < 1.29 is 0 Å². The summed E-state index contributed by atoms with van der Waals surface area (Å²) in [4.78, 5) is 4.62. The molecule has 2 heteroatoms. The zero-order chi connectivity index (χ0) is 28.1. The molecule has 2 nitrogen and oxygen atoms in total. The van der Waals surface area contributed by atoms with Gasteiger partial charge < -0.3 is 9.80 Å². The highest BCUT2D eigenvalue weighted by atomic mass is 15.1. The lowest BCUT2D eigenvalue weighted by molar-refractivity contribution is 1.28. The SMILES string of the molecule is c1ccc(N(c2ccccc2)c2cccc(-c3cccc4cc(N(c5ccccc5)c5ccccc5)ccc34)c2)cc1. The largest absolute Gasteiger partial charge is 0.310 e. The molecular formula is C40H30N2. The van der Waals surface area contributed by atoms with Crippen molar-refractivity contribution in [1.29, 1.82) is 0 Å². The van der Waals surface area contributed by atoms with Crippen molar-refractivity contribution in [1.82, 2.24) is 0 Å². The number of nitrogens with zero attached hydrogens (tertiary/aromatic N) is 2. The molecule has 0 heterocycles. The molecule has 0 aliphatic carbocycles. The fraction of sp³-hybridized carbons (Fsp3) is 0. The molecule has 0 saturated carbocycles. The molecule has 0 aliphatic rings. The van der Waals surface area contributed by atoms with E-state index in [0.717, 1.165) is 34.1 Å². The Morgan fingerprint density at radius 3 is 1.21 bits per heavy atom. The topological polar surface area (TPSA) is 6.48 Å². The van der Waals surface area contributed by atoms with Gasteiger partial charge in [-0.2, -0.15) is 0 Å². The normalized spacial score (nSPS) is 10.9. The van der Waals surface area contributed by atoms with E-state index < -0.39 is 0 Å². The van der Waals surface area contributed by atoms with Crippen LogP contribution in [0.2, 0.25) is 0 Å². The van der Waals surface area contributed by atoms with Gasteiger partial charge in [0.2, 0.25) is 0 Å². The van der Waals surface area contributed by atoms with Gasteiger partial charge in [0.1, 0.15) is 0 Å². The van der Waals surface area contributed by atoms with Gasteiger partial charge in [0, 0.05) is 34.1 Å². The van der Waals surface area contributed by atoms with Crippen LogP contribution in [0.1, 0.15) is 0 Å². The summed E-state index contributed by atoms with van der Waals surface area (Å²) in [6.45, 7) is 0. The van der Waals surface area contributed by atoms with Gasteiger partial charge in [-0.05, 0) is 94.7 Å². The summed E-state index contributed by atoms with van der Waals surface area (Å²) < 4.78 is 0. The molecule has 0 bridgehead atoms. The molecule has 0 fully saturated rings. The van der Waals surface area contributed by atoms with Crippen LogP contribution in [0.3, 0.4) is 0 Å². The average molecular weight is 539 g/mol. The molecule has 7 aromatic carbocycles. The van der Waals surface area contributed by atoms with Crippen molar-refractivity contribution in [2.75, 3.05) is 9.80 Å². The van der Waals surface area contributed by atoms with Crippen molar-refractivity contribution in [2.45, 2.75) is 0 Å².